The van der Waals surface area contributed by atoms with Crippen molar-refractivity contribution < 1.29 is 29.0 Å². The molecular weight excluding hydrogens is 532 g/mol. The normalized spacial score (nSPS) is 29.5. The number of hydrogen-bond acceptors (Lipinski definition) is 6. The van der Waals surface area contributed by atoms with E-state index < -0.39 is 46.6 Å². The van der Waals surface area contributed by atoms with Gasteiger partial charge >= 0.3 is 5.97 Å². The number of rotatable bonds is 15. The van der Waals surface area contributed by atoms with Crippen LogP contribution in [0, 0.1) is 23.2 Å². The molecule has 3 aliphatic rings. The van der Waals surface area contributed by atoms with Crippen LogP contribution in [0.2, 0.25) is 0 Å². The SMILES string of the molecule is C=CCCCOC(=O)[C@@H]1[C@H]2C(=O)N([C@@H](CO)CC(C)C)C(C(=O)N(CC=C)C(C)(C)CC(C)(C)C)C23CC[C@@]1(CC)O3. The first-order chi connectivity index (χ1) is 19.6. The second-order valence-electron chi connectivity index (χ2n) is 14.9. The van der Waals surface area contributed by atoms with E-state index in [2.05, 4.69) is 47.8 Å². The maximum atomic E-state index is 15.0. The van der Waals surface area contributed by atoms with Gasteiger partial charge in [0.2, 0.25) is 11.8 Å². The molecule has 3 heterocycles. The molecule has 0 radical (unpaired) electrons. The summed E-state index contributed by atoms with van der Waals surface area (Å²) >= 11 is 0. The number of hydrogen-bond donors (Lipinski definition) is 1. The van der Waals surface area contributed by atoms with Gasteiger partial charge in [0.25, 0.3) is 0 Å². The molecule has 238 valence electrons. The Labute approximate surface area is 253 Å². The average molecular weight is 589 g/mol. The van der Waals surface area contributed by atoms with Crippen LogP contribution in [0.5, 0.6) is 0 Å². The highest BCUT2D eigenvalue weighted by molar-refractivity contribution is 5.99. The van der Waals surface area contributed by atoms with Crippen molar-refractivity contribution in [3.8, 4) is 0 Å². The Bertz CT molecular complexity index is 1030. The first-order valence-electron chi connectivity index (χ1n) is 15.9. The molecule has 8 heteroatoms. The van der Waals surface area contributed by atoms with Crippen LogP contribution in [0.3, 0.4) is 0 Å². The Kier molecular flexibility index (Phi) is 10.5. The van der Waals surface area contributed by atoms with Crippen molar-refractivity contribution in [3.63, 3.8) is 0 Å². The van der Waals surface area contributed by atoms with Crippen molar-refractivity contribution in [1.29, 1.82) is 0 Å². The third-order valence-corrected chi connectivity index (χ3v) is 9.52. The van der Waals surface area contributed by atoms with E-state index >= 15 is 0 Å². The lowest BCUT2D eigenvalue weighted by Crippen LogP contribution is -2.62. The molecule has 2 unspecified atom stereocenters. The highest BCUT2D eigenvalue weighted by Crippen LogP contribution is 2.65. The molecule has 3 rings (SSSR count). The molecule has 0 aliphatic carbocycles. The molecule has 42 heavy (non-hydrogen) atoms. The second kappa shape index (κ2) is 12.8. The molecule has 1 spiro atoms. The maximum absolute atomic E-state index is 15.0. The lowest BCUT2D eigenvalue weighted by atomic mass is 9.65. The largest absolute Gasteiger partial charge is 0.465 e. The van der Waals surface area contributed by atoms with Crippen molar-refractivity contribution in [2.75, 3.05) is 19.8 Å². The molecular formula is C34H56N2O6. The topological polar surface area (TPSA) is 96.4 Å². The number of fused-ring (bicyclic) bond motifs is 1. The minimum atomic E-state index is -1.17. The Hall–Kier alpha value is -2.19. The van der Waals surface area contributed by atoms with Crippen molar-refractivity contribution in [1.82, 2.24) is 9.80 Å². The number of aliphatic hydroxyl groups excluding tert-OH is 1. The Morgan fingerprint density at radius 1 is 1.19 bits per heavy atom. The fourth-order valence-electron chi connectivity index (χ4n) is 8.30. The van der Waals surface area contributed by atoms with Crippen LogP contribution in [0.1, 0.15) is 100 Å². The summed E-state index contributed by atoms with van der Waals surface area (Å²) in [5, 5.41) is 10.6. The molecule has 0 aromatic carbocycles. The predicted molar refractivity (Wildman–Crippen MR) is 164 cm³/mol. The number of nitrogens with zero attached hydrogens (tertiary/aromatic N) is 2. The van der Waals surface area contributed by atoms with Crippen LogP contribution < -0.4 is 0 Å². The van der Waals surface area contributed by atoms with Gasteiger partial charge < -0.3 is 24.4 Å². The van der Waals surface area contributed by atoms with Crippen LogP contribution in [-0.2, 0) is 23.9 Å². The van der Waals surface area contributed by atoms with Crippen molar-refractivity contribution >= 4 is 17.8 Å². The number of allylic oxidation sites excluding steroid dienone is 1. The Morgan fingerprint density at radius 3 is 2.38 bits per heavy atom. The van der Waals surface area contributed by atoms with Gasteiger partial charge in [-0.1, -0.05) is 53.7 Å². The van der Waals surface area contributed by atoms with E-state index in [1.807, 2.05) is 25.7 Å². The first kappa shape index (κ1) is 34.3. The maximum Gasteiger partial charge on any atom is 0.312 e. The van der Waals surface area contributed by atoms with Gasteiger partial charge in [-0.15, -0.1) is 13.2 Å². The number of esters is 1. The molecule has 6 atom stereocenters. The van der Waals surface area contributed by atoms with E-state index in [-0.39, 0.29) is 36.4 Å². The van der Waals surface area contributed by atoms with E-state index in [0.717, 1.165) is 12.8 Å². The zero-order valence-electron chi connectivity index (χ0n) is 27.4. The van der Waals surface area contributed by atoms with Gasteiger partial charge in [0.05, 0.1) is 30.8 Å². The van der Waals surface area contributed by atoms with Gasteiger partial charge in [0.15, 0.2) is 0 Å². The summed E-state index contributed by atoms with van der Waals surface area (Å²) in [6.07, 6.45) is 7.73. The smallest absolute Gasteiger partial charge is 0.312 e. The number of amides is 2. The van der Waals surface area contributed by atoms with E-state index in [1.54, 1.807) is 17.1 Å². The van der Waals surface area contributed by atoms with Crippen molar-refractivity contribution in [3.05, 3.63) is 25.3 Å². The molecule has 1 N–H and O–H groups in total. The number of aliphatic hydroxyl groups is 1. The van der Waals surface area contributed by atoms with Gasteiger partial charge in [-0.05, 0) is 70.1 Å². The van der Waals surface area contributed by atoms with Crippen LogP contribution in [0.25, 0.3) is 0 Å². The Balaban J connectivity index is 2.15. The first-order valence-corrected chi connectivity index (χ1v) is 15.9. The molecule has 3 aliphatic heterocycles. The van der Waals surface area contributed by atoms with Crippen molar-refractivity contribution in [2.45, 2.75) is 129 Å². The van der Waals surface area contributed by atoms with Crippen molar-refractivity contribution in [2.24, 2.45) is 23.2 Å². The van der Waals surface area contributed by atoms with Crippen LogP contribution in [-0.4, -0.2) is 81.3 Å². The summed E-state index contributed by atoms with van der Waals surface area (Å²) in [6, 6.07) is -1.54. The quantitative estimate of drug-likeness (QED) is 0.159. The monoisotopic (exact) mass is 588 g/mol. The molecule has 3 saturated heterocycles. The summed E-state index contributed by atoms with van der Waals surface area (Å²) in [6.45, 7) is 24.5. The average Bonchev–Trinajstić information content (AvgIpc) is 3.50. The van der Waals surface area contributed by atoms with Gasteiger partial charge in [-0.3, -0.25) is 14.4 Å². The van der Waals surface area contributed by atoms with E-state index in [4.69, 9.17) is 9.47 Å². The van der Waals surface area contributed by atoms with Gasteiger partial charge in [-0.2, -0.15) is 0 Å². The van der Waals surface area contributed by atoms with Crippen LogP contribution in [0.15, 0.2) is 25.3 Å². The molecule has 3 fully saturated rings. The lowest BCUT2D eigenvalue weighted by molar-refractivity contribution is -0.165. The summed E-state index contributed by atoms with van der Waals surface area (Å²) in [5.41, 5.74) is -2.65. The molecule has 8 nitrogen and oxygen atoms in total. The van der Waals surface area contributed by atoms with E-state index in [0.29, 0.717) is 38.6 Å². The number of ether oxygens (including phenoxy) is 2. The summed E-state index contributed by atoms with van der Waals surface area (Å²) < 4.78 is 12.7. The standard InChI is InChI=1S/C34H56N2O6/c1-11-14-15-19-41-30(40)26-25-28(38)36(24(21-37)20-23(4)5)27(34(25)17-16-33(26,13-3)42-34)29(39)35(18-12-2)32(9,10)22-31(6,7)8/h11-12,23-27,37H,1-2,13-22H2,3-10H3/t24-,25+,26+,27?,33-,34?/m1/s1. The Morgan fingerprint density at radius 2 is 1.86 bits per heavy atom. The molecule has 0 aromatic rings. The highest BCUT2D eigenvalue weighted by Gasteiger charge is 2.79. The summed E-state index contributed by atoms with van der Waals surface area (Å²) in [7, 11) is 0. The predicted octanol–water partition coefficient (Wildman–Crippen LogP) is 5.29. The van der Waals surface area contributed by atoms with E-state index in [1.165, 1.54) is 0 Å². The summed E-state index contributed by atoms with van der Waals surface area (Å²) in [4.78, 5) is 46.7. The molecule has 2 amide bonds. The zero-order chi connectivity index (χ0) is 31.7. The molecule has 0 saturated carbocycles. The zero-order valence-corrected chi connectivity index (χ0v) is 27.4. The fraction of sp³-hybridized carbons (Fsp3) is 0.794. The number of likely N-dealkylation sites (tertiary alicyclic amines) is 1. The third-order valence-electron chi connectivity index (χ3n) is 9.52. The van der Waals surface area contributed by atoms with Gasteiger partial charge in [0.1, 0.15) is 17.6 Å². The lowest BCUT2D eigenvalue weighted by Gasteiger charge is -2.46. The fourth-order valence-corrected chi connectivity index (χ4v) is 8.30. The minimum Gasteiger partial charge on any atom is -0.465 e. The van der Waals surface area contributed by atoms with Crippen LogP contribution >= 0.6 is 0 Å². The molecule has 2 bridgehead atoms. The highest BCUT2D eigenvalue weighted by atomic mass is 16.6. The van der Waals surface area contributed by atoms with Gasteiger partial charge in [0, 0.05) is 12.1 Å². The van der Waals surface area contributed by atoms with Crippen LogP contribution in [0.4, 0.5) is 0 Å². The third kappa shape index (κ3) is 6.21. The number of unbranched alkanes of at least 4 members (excludes halogenated alkanes) is 1. The number of carbonyl (C=O) groups excluding carboxylic acids is 3. The molecule has 0 aromatic heterocycles. The van der Waals surface area contributed by atoms with E-state index in [9.17, 15) is 19.5 Å². The minimum absolute atomic E-state index is 0.0600. The van der Waals surface area contributed by atoms with Gasteiger partial charge in [-0.25, -0.2) is 0 Å². The number of carbonyl (C=O) groups is 3. The summed E-state index contributed by atoms with van der Waals surface area (Å²) in [5.74, 6) is -2.41. The second-order valence-corrected chi connectivity index (χ2v) is 14.9.